The Morgan fingerprint density at radius 3 is 0.462 bits per heavy atom. The van der Waals surface area contributed by atoms with E-state index >= 15 is 0 Å². The maximum atomic E-state index is 2.89. The van der Waals surface area contributed by atoms with E-state index in [1.54, 1.807) is 0 Å². The minimum Gasteiger partial charge on any atom is -0.184 e. The van der Waals surface area contributed by atoms with Gasteiger partial charge in [-0.1, -0.05) is 0 Å². The molecule has 4 rings (SSSR count). The number of hydrogen-bond acceptors (Lipinski definition) is 0. The average Bonchev–Trinajstić information content (AvgIpc) is 2.75. The molecule has 0 heterocycles. The van der Waals surface area contributed by atoms with E-state index in [0.29, 0.717) is 0 Å². The van der Waals surface area contributed by atoms with Crippen LogP contribution in [0, 0.1) is 24.3 Å². The summed E-state index contributed by atoms with van der Waals surface area (Å²) in [6.45, 7) is 0. The third-order valence-electron chi connectivity index (χ3n) is 2.43. The summed E-state index contributed by atoms with van der Waals surface area (Å²) in [6.07, 6.45) is 0. The molecular formula is C24H21ITa-4. The molecule has 2 heteroatoms. The summed E-state index contributed by atoms with van der Waals surface area (Å²) in [6, 6.07) is 50.0. The van der Waals surface area contributed by atoms with Gasteiger partial charge < -0.3 is 0 Å². The van der Waals surface area contributed by atoms with Crippen LogP contribution in [0.1, 0.15) is 0 Å². The van der Waals surface area contributed by atoms with Crippen molar-refractivity contribution in [2.24, 2.45) is 0 Å². The van der Waals surface area contributed by atoms with E-state index in [0.717, 1.165) is 0 Å². The van der Waals surface area contributed by atoms with E-state index < -0.39 is 0 Å². The number of rotatable bonds is 0. The van der Waals surface area contributed by atoms with Crippen molar-refractivity contribution in [2.75, 3.05) is 0 Å². The van der Waals surface area contributed by atoms with E-state index in [1.165, 1.54) is 0 Å². The maximum absolute atomic E-state index is 2.89. The fourth-order valence-corrected chi connectivity index (χ4v) is 1.37. The molecule has 26 heavy (non-hydrogen) atoms. The molecule has 0 aliphatic carbocycles. The van der Waals surface area contributed by atoms with Crippen LogP contribution in [0.4, 0.5) is 0 Å². The van der Waals surface area contributed by atoms with Crippen LogP contribution < -0.4 is 0 Å². The van der Waals surface area contributed by atoms with E-state index in [2.05, 4.69) is 24.3 Å². The molecule has 0 nitrogen and oxygen atoms in total. The third-order valence-corrected chi connectivity index (χ3v) is 2.43. The van der Waals surface area contributed by atoms with Gasteiger partial charge in [0.25, 0.3) is 0 Å². The fourth-order valence-electron chi connectivity index (χ4n) is 1.37. The number of benzene rings is 4. The summed E-state index contributed by atoms with van der Waals surface area (Å²) in [5.74, 6) is 0. The summed E-state index contributed by atoms with van der Waals surface area (Å²) in [7, 11) is 0. The van der Waals surface area contributed by atoms with Crippen molar-refractivity contribution < 1.29 is 22.4 Å². The molecular weight excluding hydrogens is 596 g/mol. The van der Waals surface area contributed by atoms with Gasteiger partial charge in [0.15, 0.2) is 0 Å². The molecule has 0 aliphatic heterocycles. The zero-order chi connectivity index (χ0) is 17.0. The van der Waals surface area contributed by atoms with Crippen LogP contribution >= 0.6 is 24.0 Å². The van der Waals surface area contributed by atoms with Crippen LogP contribution in [0.3, 0.4) is 0 Å². The molecule has 0 fully saturated rings. The van der Waals surface area contributed by atoms with E-state index in [1.807, 2.05) is 121 Å². The van der Waals surface area contributed by atoms with E-state index in [-0.39, 0.29) is 46.4 Å². The molecule has 4 aromatic rings. The minimum atomic E-state index is 0. The van der Waals surface area contributed by atoms with Crippen molar-refractivity contribution in [3.8, 4) is 0 Å². The monoisotopic (exact) mass is 617 g/mol. The molecule has 0 saturated heterocycles. The predicted octanol–water partition coefficient (Wildman–Crippen LogP) is 6.56. The van der Waals surface area contributed by atoms with Crippen LogP contribution in [-0.4, -0.2) is 0 Å². The van der Waals surface area contributed by atoms with Crippen LogP contribution in [0.2, 0.25) is 0 Å². The van der Waals surface area contributed by atoms with Gasteiger partial charge in [0.2, 0.25) is 0 Å². The van der Waals surface area contributed by atoms with Gasteiger partial charge in [0.05, 0.1) is 0 Å². The van der Waals surface area contributed by atoms with Crippen LogP contribution in [-0.2, 0) is 22.4 Å². The largest absolute Gasteiger partial charge is 0.184 e. The predicted molar refractivity (Wildman–Crippen MR) is 117 cm³/mol. The second kappa shape index (κ2) is 23.4. The van der Waals surface area contributed by atoms with Gasteiger partial charge in [0.1, 0.15) is 0 Å². The smallest absolute Gasteiger partial charge is 0 e. The van der Waals surface area contributed by atoms with Crippen LogP contribution in [0.15, 0.2) is 121 Å². The first-order chi connectivity index (χ1) is 12.0. The van der Waals surface area contributed by atoms with E-state index in [4.69, 9.17) is 0 Å². The average molecular weight is 617 g/mol. The zero-order valence-electron chi connectivity index (χ0n) is 14.4. The zero-order valence-corrected chi connectivity index (χ0v) is 19.9. The summed E-state index contributed by atoms with van der Waals surface area (Å²) >= 11 is 0. The van der Waals surface area contributed by atoms with Crippen LogP contribution in [0.5, 0.6) is 0 Å². The Bertz CT molecular complexity index is 426. The second-order valence-electron chi connectivity index (χ2n) is 4.31. The first-order valence-corrected chi connectivity index (χ1v) is 7.64. The molecule has 0 unspecified atom stereocenters. The van der Waals surface area contributed by atoms with Crippen molar-refractivity contribution in [1.29, 1.82) is 0 Å². The second-order valence-corrected chi connectivity index (χ2v) is 4.31. The first-order valence-electron chi connectivity index (χ1n) is 7.64. The molecule has 133 valence electrons. The Labute approximate surface area is 190 Å². The normalized spacial score (nSPS) is 7.38. The van der Waals surface area contributed by atoms with Crippen molar-refractivity contribution in [2.45, 2.75) is 0 Å². The van der Waals surface area contributed by atoms with Gasteiger partial charge in [0, 0.05) is 22.4 Å². The molecule has 0 N–H and O–H groups in total. The fraction of sp³-hybridized carbons (Fsp3) is 0. The Balaban J connectivity index is 0. The third kappa shape index (κ3) is 20.4. The molecule has 0 aromatic heterocycles. The molecule has 1 radical (unpaired) electrons. The number of halogens is 1. The van der Waals surface area contributed by atoms with Gasteiger partial charge in [-0.2, -0.15) is 146 Å². The maximum Gasteiger partial charge on any atom is 0 e. The topological polar surface area (TPSA) is 0 Å². The molecule has 0 aliphatic rings. The van der Waals surface area contributed by atoms with Crippen molar-refractivity contribution >= 4 is 24.0 Å². The standard InChI is InChI=1S/4C6H5.HI.Ta/c4*1-2-4-6-5-3-1;;/h4*1-5H;1H;/q4*-1;;. The molecule has 0 spiro atoms. The SMILES string of the molecule is I.[Ta].[c-]1ccccc1.[c-]1ccccc1.[c-]1ccccc1.[c-]1ccccc1. The molecule has 0 amide bonds. The molecule has 4 aromatic carbocycles. The summed E-state index contributed by atoms with van der Waals surface area (Å²) in [5, 5.41) is 0. The van der Waals surface area contributed by atoms with Crippen LogP contribution in [0.25, 0.3) is 0 Å². The van der Waals surface area contributed by atoms with Crippen molar-refractivity contribution in [3.63, 3.8) is 0 Å². The quantitative estimate of drug-likeness (QED) is 0.155. The van der Waals surface area contributed by atoms with E-state index in [9.17, 15) is 0 Å². The van der Waals surface area contributed by atoms with Gasteiger partial charge in [-0.15, -0.1) is 24.0 Å². The number of hydrogen-bond donors (Lipinski definition) is 0. The van der Waals surface area contributed by atoms with Crippen molar-refractivity contribution in [3.05, 3.63) is 146 Å². The molecule has 0 saturated carbocycles. The van der Waals surface area contributed by atoms with Gasteiger partial charge in [-0.25, -0.2) is 0 Å². The molecule has 0 bridgehead atoms. The van der Waals surface area contributed by atoms with Gasteiger partial charge in [-0.05, 0) is 0 Å². The van der Waals surface area contributed by atoms with Crippen molar-refractivity contribution in [1.82, 2.24) is 0 Å². The Hall–Kier alpha value is -1.65. The Morgan fingerprint density at radius 2 is 0.423 bits per heavy atom. The van der Waals surface area contributed by atoms with Gasteiger partial charge >= 0.3 is 0 Å². The Morgan fingerprint density at radius 1 is 0.269 bits per heavy atom. The Kier molecular flexibility index (Phi) is 23.9. The first kappa shape index (κ1) is 26.6. The summed E-state index contributed by atoms with van der Waals surface area (Å²) in [5.41, 5.74) is 0. The molecule has 0 atom stereocenters. The van der Waals surface area contributed by atoms with Gasteiger partial charge in [-0.3, -0.25) is 0 Å². The minimum absolute atomic E-state index is 0. The summed E-state index contributed by atoms with van der Waals surface area (Å²) in [4.78, 5) is 0. The summed E-state index contributed by atoms with van der Waals surface area (Å²) < 4.78 is 0.